The van der Waals surface area contributed by atoms with Gasteiger partial charge in [-0.15, -0.1) is 0 Å². The maximum atomic E-state index is 5.64. The quantitative estimate of drug-likeness (QED) is 0.674. The highest BCUT2D eigenvalue weighted by atomic mass is 16.5. The van der Waals surface area contributed by atoms with Crippen molar-refractivity contribution in [3.05, 3.63) is 0 Å². The molecule has 1 fully saturated rings. The van der Waals surface area contributed by atoms with Crippen molar-refractivity contribution < 1.29 is 4.74 Å². The molecule has 2 nitrogen and oxygen atoms in total. The Bertz CT molecular complexity index is 104. The van der Waals surface area contributed by atoms with Gasteiger partial charge in [-0.25, -0.2) is 0 Å². The monoisotopic (exact) mass is 157 g/mol. The van der Waals surface area contributed by atoms with Gasteiger partial charge in [0, 0.05) is 6.61 Å². The molecule has 0 radical (unpaired) electrons. The van der Waals surface area contributed by atoms with E-state index < -0.39 is 0 Å². The Morgan fingerprint density at radius 1 is 1.55 bits per heavy atom. The van der Waals surface area contributed by atoms with Crippen LogP contribution in [0.2, 0.25) is 0 Å². The summed E-state index contributed by atoms with van der Waals surface area (Å²) in [5.74, 6) is 0.628. The zero-order valence-electron chi connectivity index (χ0n) is 7.38. The molecular formula is C9H19NO. The number of rotatable bonds is 3. The summed E-state index contributed by atoms with van der Waals surface area (Å²) >= 11 is 0. The van der Waals surface area contributed by atoms with Gasteiger partial charge in [0.25, 0.3) is 0 Å². The number of hydrogen-bond acceptors (Lipinski definition) is 2. The van der Waals surface area contributed by atoms with Crippen molar-refractivity contribution in [1.29, 1.82) is 0 Å². The first-order chi connectivity index (χ1) is 5.38. The molecule has 0 aromatic heterocycles. The lowest BCUT2D eigenvalue weighted by atomic mass is 9.92. The largest absolute Gasteiger partial charge is 0.378 e. The fourth-order valence-corrected chi connectivity index (χ4v) is 1.78. The molecule has 2 heteroatoms. The van der Waals surface area contributed by atoms with Crippen LogP contribution < -0.4 is 5.73 Å². The predicted octanol–water partition coefficient (Wildman–Crippen LogP) is 1.54. The third kappa shape index (κ3) is 2.46. The highest BCUT2D eigenvalue weighted by molar-refractivity contribution is 4.74. The Morgan fingerprint density at radius 2 is 2.36 bits per heavy atom. The van der Waals surface area contributed by atoms with Crippen LogP contribution in [0.1, 0.15) is 32.6 Å². The van der Waals surface area contributed by atoms with Crippen molar-refractivity contribution in [2.24, 2.45) is 11.7 Å². The summed E-state index contributed by atoms with van der Waals surface area (Å²) in [5, 5.41) is 0. The zero-order chi connectivity index (χ0) is 8.10. The summed E-state index contributed by atoms with van der Waals surface area (Å²) in [5.41, 5.74) is 5.64. The molecule has 0 amide bonds. The molecule has 1 rings (SSSR count). The third-order valence-corrected chi connectivity index (χ3v) is 2.45. The normalized spacial score (nSPS) is 32.2. The Balaban J connectivity index is 2.31. The van der Waals surface area contributed by atoms with E-state index in [1.165, 1.54) is 25.7 Å². The van der Waals surface area contributed by atoms with Crippen LogP contribution in [0.4, 0.5) is 0 Å². The minimum atomic E-state index is 0.457. The Kier molecular flexibility index (Phi) is 3.87. The molecule has 0 aromatic rings. The lowest BCUT2D eigenvalue weighted by molar-refractivity contribution is -0.0279. The van der Waals surface area contributed by atoms with Crippen LogP contribution in [0.5, 0.6) is 0 Å². The molecule has 1 aliphatic rings. The van der Waals surface area contributed by atoms with Gasteiger partial charge in [0.1, 0.15) is 0 Å². The molecule has 2 N–H and O–H groups in total. The van der Waals surface area contributed by atoms with Gasteiger partial charge < -0.3 is 10.5 Å². The maximum absolute atomic E-state index is 5.64. The molecule has 0 aliphatic carbocycles. The summed E-state index contributed by atoms with van der Waals surface area (Å²) in [7, 11) is 0. The minimum absolute atomic E-state index is 0.457. The molecule has 2 atom stereocenters. The standard InChI is InChI=1S/C9H19NO/c1-2-4-9-8(7-10)5-3-6-11-9/h8-9H,2-7,10H2,1H3. The molecule has 0 spiro atoms. The van der Waals surface area contributed by atoms with E-state index in [9.17, 15) is 0 Å². The van der Waals surface area contributed by atoms with E-state index in [0.29, 0.717) is 12.0 Å². The number of ether oxygens (including phenoxy) is 1. The van der Waals surface area contributed by atoms with Gasteiger partial charge >= 0.3 is 0 Å². The van der Waals surface area contributed by atoms with Gasteiger partial charge in [-0.1, -0.05) is 13.3 Å². The lowest BCUT2D eigenvalue weighted by Crippen LogP contribution is -2.34. The van der Waals surface area contributed by atoms with Crippen LogP contribution in [0.15, 0.2) is 0 Å². The second-order valence-electron chi connectivity index (χ2n) is 3.34. The molecule has 0 aromatic carbocycles. The predicted molar refractivity (Wildman–Crippen MR) is 46.4 cm³/mol. The molecule has 0 bridgehead atoms. The van der Waals surface area contributed by atoms with Crippen LogP contribution in [-0.2, 0) is 4.74 Å². The minimum Gasteiger partial charge on any atom is -0.378 e. The molecular weight excluding hydrogens is 138 g/mol. The molecule has 0 saturated carbocycles. The van der Waals surface area contributed by atoms with E-state index in [1.807, 2.05) is 0 Å². The first kappa shape index (κ1) is 9.01. The van der Waals surface area contributed by atoms with Gasteiger partial charge in [0.15, 0.2) is 0 Å². The van der Waals surface area contributed by atoms with Crippen LogP contribution in [0.3, 0.4) is 0 Å². The first-order valence-electron chi connectivity index (χ1n) is 4.70. The van der Waals surface area contributed by atoms with Crippen molar-refractivity contribution in [3.63, 3.8) is 0 Å². The fraction of sp³-hybridized carbons (Fsp3) is 1.00. The fourth-order valence-electron chi connectivity index (χ4n) is 1.78. The molecule has 2 unspecified atom stereocenters. The van der Waals surface area contributed by atoms with Gasteiger partial charge in [-0.2, -0.15) is 0 Å². The molecule has 1 heterocycles. The molecule has 11 heavy (non-hydrogen) atoms. The summed E-state index contributed by atoms with van der Waals surface area (Å²) in [4.78, 5) is 0. The van der Waals surface area contributed by atoms with Crippen molar-refractivity contribution in [1.82, 2.24) is 0 Å². The van der Waals surface area contributed by atoms with Crippen LogP contribution in [0, 0.1) is 5.92 Å². The second kappa shape index (κ2) is 4.73. The van der Waals surface area contributed by atoms with Crippen LogP contribution in [0.25, 0.3) is 0 Å². The van der Waals surface area contributed by atoms with E-state index in [1.54, 1.807) is 0 Å². The molecule has 66 valence electrons. The highest BCUT2D eigenvalue weighted by Gasteiger charge is 2.23. The SMILES string of the molecule is CCCC1OCCCC1CN. The van der Waals surface area contributed by atoms with Gasteiger partial charge in [-0.05, 0) is 31.7 Å². The summed E-state index contributed by atoms with van der Waals surface area (Å²) in [6.07, 6.45) is 5.31. The highest BCUT2D eigenvalue weighted by Crippen LogP contribution is 2.22. The van der Waals surface area contributed by atoms with Gasteiger partial charge in [0.05, 0.1) is 6.10 Å². The topological polar surface area (TPSA) is 35.2 Å². The van der Waals surface area contributed by atoms with E-state index in [2.05, 4.69) is 6.92 Å². The van der Waals surface area contributed by atoms with Crippen molar-refractivity contribution in [3.8, 4) is 0 Å². The molecule has 1 saturated heterocycles. The van der Waals surface area contributed by atoms with Gasteiger partial charge in [0.2, 0.25) is 0 Å². The number of hydrogen-bond donors (Lipinski definition) is 1. The Morgan fingerprint density at radius 3 is 3.00 bits per heavy atom. The third-order valence-electron chi connectivity index (χ3n) is 2.45. The van der Waals surface area contributed by atoms with E-state index in [0.717, 1.165) is 13.2 Å². The van der Waals surface area contributed by atoms with Crippen LogP contribution >= 0.6 is 0 Å². The summed E-state index contributed by atoms with van der Waals surface area (Å²) < 4.78 is 5.64. The average Bonchev–Trinajstić information content (AvgIpc) is 2.06. The summed E-state index contributed by atoms with van der Waals surface area (Å²) in [6, 6.07) is 0. The Labute approximate surface area is 69.1 Å². The van der Waals surface area contributed by atoms with Crippen molar-refractivity contribution in [2.75, 3.05) is 13.2 Å². The number of nitrogens with two attached hydrogens (primary N) is 1. The first-order valence-corrected chi connectivity index (χ1v) is 4.70. The van der Waals surface area contributed by atoms with Crippen molar-refractivity contribution in [2.45, 2.75) is 38.7 Å². The smallest absolute Gasteiger partial charge is 0.0615 e. The van der Waals surface area contributed by atoms with Gasteiger partial charge in [-0.3, -0.25) is 0 Å². The Hall–Kier alpha value is -0.0800. The van der Waals surface area contributed by atoms with E-state index in [-0.39, 0.29) is 0 Å². The average molecular weight is 157 g/mol. The van der Waals surface area contributed by atoms with E-state index >= 15 is 0 Å². The molecule has 1 aliphatic heterocycles. The zero-order valence-corrected chi connectivity index (χ0v) is 7.38. The van der Waals surface area contributed by atoms with Crippen LogP contribution in [-0.4, -0.2) is 19.3 Å². The summed E-state index contributed by atoms with van der Waals surface area (Å²) in [6.45, 7) is 3.94. The second-order valence-corrected chi connectivity index (χ2v) is 3.34. The van der Waals surface area contributed by atoms with E-state index in [4.69, 9.17) is 10.5 Å². The van der Waals surface area contributed by atoms with Crippen molar-refractivity contribution >= 4 is 0 Å². The maximum Gasteiger partial charge on any atom is 0.0615 e. The lowest BCUT2D eigenvalue weighted by Gasteiger charge is -2.30.